The summed E-state index contributed by atoms with van der Waals surface area (Å²) in [6.45, 7) is 0.786. The minimum atomic E-state index is -3.38. The van der Waals surface area contributed by atoms with Gasteiger partial charge in [-0.2, -0.15) is 14.0 Å². The lowest BCUT2D eigenvalue weighted by Crippen LogP contribution is -2.34. The maximum atomic E-state index is 13.1. The number of ether oxygens (including phenoxy) is 2. The minimum Gasteiger partial charge on any atom is -0.472 e. The predicted octanol–water partition coefficient (Wildman–Crippen LogP) is 4.83. The van der Waals surface area contributed by atoms with Gasteiger partial charge in [0.25, 0.3) is 5.91 Å². The molecule has 2 heterocycles. The van der Waals surface area contributed by atoms with E-state index < -0.39 is 28.4 Å². The smallest absolute Gasteiger partial charge is 0.345 e. The Hall–Kier alpha value is -4.08. The van der Waals surface area contributed by atoms with Crippen molar-refractivity contribution < 1.29 is 31.5 Å². The van der Waals surface area contributed by atoms with Crippen LogP contribution in [0.25, 0.3) is 0 Å². The molecule has 9 nitrogen and oxygen atoms in total. The van der Waals surface area contributed by atoms with E-state index in [0.717, 1.165) is 5.56 Å². The number of benzene rings is 2. The number of nitriles is 1. The quantitative estimate of drug-likeness (QED) is 0.315. The van der Waals surface area contributed by atoms with E-state index in [2.05, 4.69) is 21.1 Å². The fraction of sp³-hybridized carbons (Fsp3) is 0.367. The van der Waals surface area contributed by atoms with Crippen molar-refractivity contribution in [3.8, 4) is 11.9 Å². The lowest BCUT2D eigenvalue weighted by Gasteiger charge is -2.26. The van der Waals surface area contributed by atoms with E-state index in [1.165, 1.54) is 12.1 Å². The van der Waals surface area contributed by atoms with Gasteiger partial charge in [-0.1, -0.05) is 25.1 Å². The number of pyridine rings is 1. The molecule has 2 aromatic carbocycles. The average molecular weight is 599 g/mol. The molecule has 0 radical (unpaired) electrons. The molecule has 222 valence electrons. The number of anilines is 1. The highest BCUT2D eigenvalue weighted by Gasteiger charge is 2.35. The standard InChI is InChI=1S/C30H32F2N4O5S/c1-3-42(38,39)26-11-7-21(8-12-26)27(14-15-33)35-29(37)22-5-9-23(10-6-22)36-18-25(16-24(36)19-40-30(31)32)41-28-13-4-20(2)17-34-28/h4-13,17,24-25,27,30H,3,14,16,18-19H2,1-2H3,(H,35,37)/t24-,25?,27-/m0/s1. The molecule has 4 rings (SSSR count). The molecule has 1 N–H and O–H groups in total. The van der Waals surface area contributed by atoms with Crippen LogP contribution in [0, 0.1) is 18.3 Å². The molecule has 1 saturated heterocycles. The maximum absolute atomic E-state index is 13.1. The summed E-state index contributed by atoms with van der Waals surface area (Å²) >= 11 is 0. The first kappa shape index (κ1) is 30.9. The minimum absolute atomic E-state index is 0.0134. The number of alkyl halides is 2. The summed E-state index contributed by atoms with van der Waals surface area (Å²) in [5.74, 6) is -0.00489. The zero-order valence-corrected chi connectivity index (χ0v) is 24.1. The molecular formula is C30H32F2N4O5S. The van der Waals surface area contributed by atoms with Crippen LogP contribution in [0.5, 0.6) is 5.88 Å². The first-order chi connectivity index (χ1) is 20.1. The molecule has 1 fully saturated rings. The van der Waals surface area contributed by atoms with Gasteiger partial charge in [0.05, 0.1) is 48.4 Å². The van der Waals surface area contributed by atoms with Crippen molar-refractivity contribution in [2.24, 2.45) is 0 Å². The van der Waals surface area contributed by atoms with Crippen LogP contribution in [0.4, 0.5) is 14.5 Å². The molecule has 1 aliphatic heterocycles. The molecule has 0 bridgehead atoms. The van der Waals surface area contributed by atoms with E-state index >= 15 is 0 Å². The Bertz CT molecular complexity index is 1490. The molecular weight excluding hydrogens is 566 g/mol. The van der Waals surface area contributed by atoms with E-state index in [1.807, 2.05) is 17.9 Å². The number of carbonyl (C=O) groups excluding carboxylic acids is 1. The highest BCUT2D eigenvalue weighted by atomic mass is 32.2. The Morgan fingerprint density at radius 2 is 1.86 bits per heavy atom. The summed E-state index contributed by atoms with van der Waals surface area (Å²) in [6, 6.07) is 17.5. The van der Waals surface area contributed by atoms with Gasteiger partial charge in [-0.25, -0.2) is 13.4 Å². The van der Waals surface area contributed by atoms with Crippen molar-refractivity contribution >= 4 is 21.4 Å². The van der Waals surface area contributed by atoms with Gasteiger partial charge in [0.15, 0.2) is 9.84 Å². The molecule has 3 aromatic rings. The van der Waals surface area contributed by atoms with Gasteiger partial charge >= 0.3 is 6.61 Å². The number of carbonyl (C=O) groups is 1. The van der Waals surface area contributed by atoms with Crippen LogP contribution in [-0.4, -0.2) is 57.0 Å². The van der Waals surface area contributed by atoms with Crippen LogP contribution < -0.4 is 15.0 Å². The second-order valence-corrected chi connectivity index (χ2v) is 12.2. The molecule has 0 spiro atoms. The normalized spacial score (nSPS) is 17.6. The molecule has 1 aliphatic rings. The van der Waals surface area contributed by atoms with Crippen molar-refractivity contribution in [1.29, 1.82) is 5.26 Å². The number of nitrogens with zero attached hydrogens (tertiary/aromatic N) is 3. The third-order valence-electron chi connectivity index (χ3n) is 7.05. The van der Waals surface area contributed by atoms with Crippen LogP contribution in [0.2, 0.25) is 0 Å². The second kappa shape index (κ2) is 13.7. The van der Waals surface area contributed by atoms with Crippen LogP contribution in [0.1, 0.15) is 47.3 Å². The largest absolute Gasteiger partial charge is 0.472 e. The van der Waals surface area contributed by atoms with Crippen LogP contribution in [0.15, 0.2) is 71.8 Å². The van der Waals surface area contributed by atoms with Crippen LogP contribution in [0.3, 0.4) is 0 Å². The summed E-state index contributed by atoms with van der Waals surface area (Å²) in [5, 5.41) is 12.2. The third kappa shape index (κ3) is 7.80. The molecule has 12 heteroatoms. The fourth-order valence-electron chi connectivity index (χ4n) is 4.78. The Morgan fingerprint density at radius 1 is 1.14 bits per heavy atom. The fourth-order valence-corrected chi connectivity index (χ4v) is 5.66. The monoisotopic (exact) mass is 598 g/mol. The topological polar surface area (TPSA) is 122 Å². The summed E-state index contributed by atoms with van der Waals surface area (Å²) < 4.78 is 60.5. The molecule has 42 heavy (non-hydrogen) atoms. The van der Waals surface area contributed by atoms with E-state index in [0.29, 0.717) is 35.7 Å². The summed E-state index contributed by atoms with van der Waals surface area (Å²) in [5.41, 5.74) is 2.63. The number of rotatable bonds is 12. The number of nitrogens with one attached hydrogen (secondary N) is 1. The van der Waals surface area contributed by atoms with Crippen molar-refractivity contribution in [2.75, 3.05) is 23.8 Å². The predicted molar refractivity (Wildman–Crippen MR) is 152 cm³/mol. The number of sulfone groups is 1. The average Bonchev–Trinajstić information content (AvgIpc) is 3.39. The van der Waals surface area contributed by atoms with Crippen molar-refractivity contribution in [2.45, 2.75) is 56.4 Å². The van der Waals surface area contributed by atoms with Gasteiger partial charge in [-0.05, 0) is 54.4 Å². The lowest BCUT2D eigenvalue weighted by atomic mass is 10.0. The van der Waals surface area contributed by atoms with Crippen molar-refractivity contribution in [1.82, 2.24) is 10.3 Å². The van der Waals surface area contributed by atoms with Gasteiger partial charge in [-0.3, -0.25) is 4.79 Å². The Balaban J connectivity index is 1.46. The zero-order valence-electron chi connectivity index (χ0n) is 23.2. The van der Waals surface area contributed by atoms with E-state index in [4.69, 9.17) is 4.74 Å². The third-order valence-corrected chi connectivity index (χ3v) is 8.80. The molecule has 3 atom stereocenters. The highest BCUT2D eigenvalue weighted by molar-refractivity contribution is 7.91. The number of hydrogen-bond donors (Lipinski definition) is 1. The van der Waals surface area contributed by atoms with Gasteiger partial charge in [0, 0.05) is 29.9 Å². The Labute approximate surface area is 244 Å². The first-order valence-corrected chi connectivity index (χ1v) is 15.1. The SMILES string of the molecule is CCS(=O)(=O)c1ccc([C@H](CC#N)NC(=O)c2ccc(N3CC(Oc4ccc(C)cn4)C[C@H]3COC(F)F)cc2)cc1. The van der Waals surface area contributed by atoms with Gasteiger partial charge in [-0.15, -0.1) is 0 Å². The lowest BCUT2D eigenvalue weighted by molar-refractivity contribution is -0.131. The molecule has 0 saturated carbocycles. The summed E-state index contributed by atoms with van der Waals surface area (Å²) in [6.07, 6.45) is 1.81. The summed E-state index contributed by atoms with van der Waals surface area (Å²) in [4.78, 5) is 19.4. The van der Waals surface area contributed by atoms with Crippen molar-refractivity contribution in [3.05, 3.63) is 83.6 Å². The van der Waals surface area contributed by atoms with Gasteiger partial charge < -0.3 is 19.7 Å². The number of aromatic nitrogens is 1. The molecule has 1 aromatic heterocycles. The number of halogens is 2. The maximum Gasteiger partial charge on any atom is 0.345 e. The summed E-state index contributed by atoms with van der Waals surface area (Å²) in [7, 11) is -3.38. The second-order valence-electron chi connectivity index (χ2n) is 9.96. The molecule has 0 aliphatic carbocycles. The number of aryl methyl sites for hydroxylation is 1. The first-order valence-electron chi connectivity index (χ1n) is 13.5. The number of amides is 1. The zero-order chi connectivity index (χ0) is 30.3. The van der Waals surface area contributed by atoms with Gasteiger partial charge in [0.1, 0.15) is 6.10 Å². The highest BCUT2D eigenvalue weighted by Crippen LogP contribution is 2.29. The van der Waals surface area contributed by atoms with Gasteiger partial charge in [0.2, 0.25) is 5.88 Å². The van der Waals surface area contributed by atoms with E-state index in [1.54, 1.807) is 55.6 Å². The van der Waals surface area contributed by atoms with E-state index in [-0.39, 0.29) is 35.8 Å². The Morgan fingerprint density at radius 3 is 2.45 bits per heavy atom. The molecule has 1 amide bonds. The van der Waals surface area contributed by atoms with E-state index in [9.17, 15) is 27.3 Å². The number of hydrogen-bond acceptors (Lipinski definition) is 8. The Kier molecular flexibility index (Phi) is 10.1. The van der Waals surface area contributed by atoms with Crippen molar-refractivity contribution in [3.63, 3.8) is 0 Å². The molecule has 1 unspecified atom stereocenters. The van der Waals surface area contributed by atoms with Crippen LogP contribution in [-0.2, 0) is 14.6 Å². The van der Waals surface area contributed by atoms with Crippen LogP contribution >= 0.6 is 0 Å².